The number of ether oxygens (including phenoxy) is 4. The van der Waals surface area contributed by atoms with Gasteiger partial charge in [-0.2, -0.15) is 0 Å². The average molecular weight is 740 g/mol. The summed E-state index contributed by atoms with van der Waals surface area (Å²) in [5.74, 6) is -1.32. The monoisotopic (exact) mass is 739 g/mol. The van der Waals surface area contributed by atoms with E-state index in [4.69, 9.17) is 18.9 Å². The minimum atomic E-state index is -0.615. The molecule has 2 unspecified atom stereocenters. The standard InChI is InChI=1S/C39H69N3O10/c1-28(2)33(47)49-18-17-42(35(3,4)5)21-30(44)41-29-19-36(6,7)22-39(12,20-29)23-40-34(48)52-27-38(10,11)26-51-32(46)16-14-13-15-31(45)50-25-37(8,9)24-43/h29,43H,1,13-27H2,2-12H3,(H,40,48)(H,41,44). The van der Waals surface area contributed by atoms with Gasteiger partial charge in [0.05, 0.1) is 26.4 Å². The highest BCUT2D eigenvalue weighted by Crippen LogP contribution is 2.45. The van der Waals surface area contributed by atoms with Crippen LogP contribution in [-0.4, -0.2) is 104 Å². The topological polar surface area (TPSA) is 170 Å². The van der Waals surface area contributed by atoms with Crippen molar-refractivity contribution in [1.29, 1.82) is 0 Å². The predicted molar refractivity (Wildman–Crippen MR) is 199 cm³/mol. The molecule has 0 bridgehead atoms. The molecule has 52 heavy (non-hydrogen) atoms. The highest BCUT2D eigenvalue weighted by Gasteiger charge is 2.42. The van der Waals surface area contributed by atoms with Gasteiger partial charge in [0.1, 0.15) is 13.2 Å². The van der Waals surface area contributed by atoms with Gasteiger partial charge < -0.3 is 34.7 Å². The van der Waals surface area contributed by atoms with E-state index in [-0.39, 0.29) is 86.7 Å². The van der Waals surface area contributed by atoms with E-state index in [1.54, 1.807) is 20.8 Å². The van der Waals surface area contributed by atoms with Gasteiger partial charge in [-0.1, -0.05) is 55.0 Å². The first-order valence-electron chi connectivity index (χ1n) is 18.5. The van der Waals surface area contributed by atoms with Crippen LogP contribution in [-0.2, 0) is 38.1 Å². The van der Waals surface area contributed by atoms with Gasteiger partial charge in [-0.05, 0) is 70.6 Å². The van der Waals surface area contributed by atoms with E-state index in [1.807, 2.05) is 39.5 Å². The number of hydrogen-bond donors (Lipinski definition) is 3. The Morgan fingerprint density at radius 3 is 1.88 bits per heavy atom. The number of carbonyl (C=O) groups is 5. The maximum Gasteiger partial charge on any atom is 0.407 e. The van der Waals surface area contributed by atoms with Gasteiger partial charge in [0, 0.05) is 53.9 Å². The zero-order chi connectivity index (χ0) is 40.0. The second-order valence-electron chi connectivity index (χ2n) is 18.3. The van der Waals surface area contributed by atoms with E-state index in [0.29, 0.717) is 37.9 Å². The molecule has 1 saturated carbocycles. The molecule has 300 valence electrons. The summed E-state index contributed by atoms with van der Waals surface area (Å²) in [6.45, 7) is 26.2. The van der Waals surface area contributed by atoms with Crippen molar-refractivity contribution in [2.24, 2.45) is 21.7 Å². The number of rotatable bonds is 21. The molecule has 0 radical (unpaired) electrons. The van der Waals surface area contributed by atoms with Gasteiger partial charge in [-0.3, -0.25) is 19.3 Å². The Labute approximate surface area is 312 Å². The molecule has 13 heteroatoms. The van der Waals surface area contributed by atoms with Gasteiger partial charge in [-0.15, -0.1) is 0 Å². The van der Waals surface area contributed by atoms with Gasteiger partial charge in [0.25, 0.3) is 0 Å². The molecule has 0 aromatic rings. The van der Waals surface area contributed by atoms with Crippen molar-refractivity contribution in [3.05, 3.63) is 12.2 Å². The number of nitrogens with zero attached hydrogens (tertiary/aromatic N) is 1. The summed E-state index contributed by atoms with van der Waals surface area (Å²) in [7, 11) is 0. The van der Waals surface area contributed by atoms with E-state index in [2.05, 4.69) is 38.0 Å². The highest BCUT2D eigenvalue weighted by atomic mass is 16.6. The van der Waals surface area contributed by atoms with E-state index >= 15 is 0 Å². The second-order valence-corrected chi connectivity index (χ2v) is 18.3. The average Bonchev–Trinajstić information content (AvgIpc) is 3.01. The lowest BCUT2D eigenvalue weighted by molar-refractivity contribution is -0.149. The molecule has 1 fully saturated rings. The van der Waals surface area contributed by atoms with Crippen LogP contribution in [0.4, 0.5) is 4.79 Å². The fourth-order valence-corrected chi connectivity index (χ4v) is 6.26. The third-order valence-corrected chi connectivity index (χ3v) is 8.98. The van der Waals surface area contributed by atoms with Crippen molar-refractivity contribution in [3.63, 3.8) is 0 Å². The number of unbranched alkanes of at least 4 members (excludes halogenated alkanes) is 1. The van der Waals surface area contributed by atoms with Crippen LogP contribution in [0.3, 0.4) is 0 Å². The Balaban J connectivity index is 2.53. The molecule has 0 aromatic carbocycles. The lowest BCUT2D eigenvalue weighted by atomic mass is 9.62. The van der Waals surface area contributed by atoms with Gasteiger partial charge in [-0.25, -0.2) is 9.59 Å². The number of esters is 3. The molecule has 2 amide bonds. The molecule has 0 heterocycles. The minimum absolute atomic E-state index is 0.0414. The van der Waals surface area contributed by atoms with Crippen molar-refractivity contribution in [3.8, 4) is 0 Å². The molecule has 3 N–H and O–H groups in total. The summed E-state index contributed by atoms with van der Waals surface area (Å²) in [5, 5.41) is 15.4. The van der Waals surface area contributed by atoms with E-state index < -0.39 is 28.9 Å². The summed E-state index contributed by atoms with van der Waals surface area (Å²) in [5.41, 5.74) is -1.48. The zero-order valence-corrected chi connectivity index (χ0v) is 34.0. The molecule has 2 atom stereocenters. The quantitative estimate of drug-likeness (QED) is 0.0603. The largest absolute Gasteiger partial charge is 0.465 e. The lowest BCUT2D eigenvalue weighted by Crippen LogP contribution is -2.54. The first-order valence-corrected chi connectivity index (χ1v) is 18.5. The van der Waals surface area contributed by atoms with Crippen molar-refractivity contribution in [1.82, 2.24) is 15.5 Å². The molecule has 0 aliphatic heterocycles. The second kappa shape index (κ2) is 20.3. The molecule has 1 rings (SSSR count). The number of alkyl carbamates (subject to hydrolysis) is 1. The summed E-state index contributed by atoms with van der Waals surface area (Å²) in [6, 6.07) is -0.0890. The maximum absolute atomic E-state index is 13.3. The molecule has 1 aliphatic rings. The van der Waals surface area contributed by atoms with E-state index in [9.17, 15) is 29.1 Å². The third-order valence-electron chi connectivity index (χ3n) is 8.98. The van der Waals surface area contributed by atoms with Crippen LogP contribution in [0.5, 0.6) is 0 Å². The fourth-order valence-electron chi connectivity index (χ4n) is 6.26. The van der Waals surface area contributed by atoms with Gasteiger partial charge in [0.2, 0.25) is 5.91 Å². The molecule has 0 spiro atoms. The van der Waals surface area contributed by atoms with Crippen LogP contribution < -0.4 is 10.6 Å². The molecule has 13 nitrogen and oxygen atoms in total. The number of nitrogens with one attached hydrogen (secondary N) is 2. The smallest absolute Gasteiger partial charge is 0.407 e. The number of aliphatic hydroxyl groups excluding tert-OH is 1. The fraction of sp³-hybridized carbons (Fsp3) is 0.821. The normalized spacial score (nSPS) is 19.0. The molecule has 1 aliphatic carbocycles. The molecule has 0 aromatic heterocycles. The van der Waals surface area contributed by atoms with Crippen molar-refractivity contribution < 1.29 is 48.0 Å². The first kappa shape index (κ1) is 46.8. The summed E-state index contributed by atoms with van der Waals surface area (Å²) in [6.07, 6.45) is 3.06. The minimum Gasteiger partial charge on any atom is -0.465 e. The summed E-state index contributed by atoms with van der Waals surface area (Å²) < 4.78 is 21.4. The lowest BCUT2D eigenvalue weighted by Gasteiger charge is -2.47. The highest BCUT2D eigenvalue weighted by molar-refractivity contribution is 5.86. The van der Waals surface area contributed by atoms with Gasteiger partial charge in [0.15, 0.2) is 0 Å². The van der Waals surface area contributed by atoms with Crippen molar-refractivity contribution in [2.75, 3.05) is 52.7 Å². The Bertz CT molecular complexity index is 1220. The molecule has 0 saturated heterocycles. The van der Waals surface area contributed by atoms with Crippen LogP contribution in [0.25, 0.3) is 0 Å². The van der Waals surface area contributed by atoms with Crippen LogP contribution in [0.15, 0.2) is 12.2 Å². The summed E-state index contributed by atoms with van der Waals surface area (Å²) in [4.78, 5) is 64.0. The Morgan fingerprint density at radius 1 is 0.827 bits per heavy atom. The Hall–Kier alpha value is -3.19. The van der Waals surface area contributed by atoms with Crippen molar-refractivity contribution in [2.45, 2.75) is 133 Å². The predicted octanol–water partition coefficient (Wildman–Crippen LogP) is 5.33. The molecular weight excluding hydrogens is 670 g/mol. The van der Waals surface area contributed by atoms with Crippen LogP contribution >= 0.6 is 0 Å². The van der Waals surface area contributed by atoms with Gasteiger partial charge >= 0.3 is 24.0 Å². The third kappa shape index (κ3) is 19.6. The van der Waals surface area contributed by atoms with Crippen molar-refractivity contribution >= 4 is 29.9 Å². The number of aliphatic hydroxyl groups is 1. The number of hydrogen-bond acceptors (Lipinski definition) is 11. The maximum atomic E-state index is 13.3. The molecular formula is C39H69N3O10. The Kier molecular flexibility index (Phi) is 18.3. The zero-order valence-electron chi connectivity index (χ0n) is 34.0. The Morgan fingerprint density at radius 2 is 1.37 bits per heavy atom. The number of carbonyl (C=O) groups excluding carboxylic acids is 5. The SMILES string of the molecule is C=C(C)C(=O)OCCN(CC(=O)NC1CC(C)(C)CC(C)(CNC(=O)OCC(C)(C)COC(=O)CCCCC(=O)OCC(C)(C)CO)C1)C(C)(C)C. The number of amides is 2. The van der Waals surface area contributed by atoms with Crippen LogP contribution in [0.2, 0.25) is 0 Å². The van der Waals surface area contributed by atoms with E-state index in [0.717, 1.165) is 12.8 Å². The van der Waals surface area contributed by atoms with Crippen LogP contribution in [0, 0.1) is 21.7 Å². The van der Waals surface area contributed by atoms with Crippen LogP contribution in [0.1, 0.15) is 121 Å². The first-order chi connectivity index (χ1) is 23.8. The summed E-state index contributed by atoms with van der Waals surface area (Å²) >= 11 is 0. The van der Waals surface area contributed by atoms with E-state index in [1.165, 1.54) is 0 Å².